The van der Waals surface area contributed by atoms with Crippen molar-refractivity contribution in [2.45, 2.75) is 31.2 Å². The van der Waals surface area contributed by atoms with Crippen LogP contribution in [-0.4, -0.2) is 44.6 Å². The predicted molar refractivity (Wildman–Crippen MR) is 78.6 cm³/mol. The van der Waals surface area contributed by atoms with Crippen LogP contribution < -0.4 is 4.72 Å². The number of nitrogens with one attached hydrogen (secondary N) is 1. The van der Waals surface area contributed by atoms with E-state index in [1.165, 1.54) is 0 Å². The standard InChI is InChI=1S/C14H22N2O3S/c1-16-8-2-3-14(16)9-15-20(18,19)11-13-6-4-12(10-17)5-7-13/h4-7,14-15,17H,2-3,8-11H2,1H3. The minimum Gasteiger partial charge on any atom is -0.392 e. The van der Waals surface area contributed by atoms with Gasteiger partial charge in [-0.3, -0.25) is 0 Å². The van der Waals surface area contributed by atoms with Crippen molar-refractivity contribution < 1.29 is 13.5 Å². The van der Waals surface area contributed by atoms with Crippen molar-refractivity contribution in [1.29, 1.82) is 0 Å². The average Bonchev–Trinajstić information content (AvgIpc) is 2.83. The fraction of sp³-hybridized carbons (Fsp3) is 0.571. The molecule has 1 unspecified atom stereocenters. The van der Waals surface area contributed by atoms with E-state index in [1.807, 2.05) is 7.05 Å². The predicted octanol–water partition coefficient (Wildman–Crippen LogP) is 0.692. The van der Waals surface area contributed by atoms with Crippen molar-refractivity contribution in [1.82, 2.24) is 9.62 Å². The van der Waals surface area contributed by atoms with Crippen LogP contribution in [0.3, 0.4) is 0 Å². The van der Waals surface area contributed by atoms with Gasteiger partial charge in [0.05, 0.1) is 12.4 Å². The third-order valence-corrected chi connectivity index (χ3v) is 5.09. The summed E-state index contributed by atoms with van der Waals surface area (Å²) in [7, 11) is -1.28. The summed E-state index contributed by atoms with van der Waals surface area (Å²) in [5.74, 6) is -0.0187. The van der Waals surface area contributed by atoms with Gasteiger partial charge in [0.2, 0.25) is 10.0 Å². The van der Waals surface area contributed by atoms with E-state index in [1.54, 1.807) is 24.3 Å². The van der Waals surface area contributed by atoms with Crippen molar-refractivity contribution in [3.05, 3.63) is 35.4 Å². The first-order chi connectivity index (χ1) is 9.50. The molecule has 0 aliphatic carbocycles. The summed E-state index contributed by atoms with van der Waals surface area (Å²) in [5.41, 5.74) is 1.51. The fourth-order valence-corrected chi connectivity index (χ4v) is 3.65. The first-order valence-electron chi connectivity index (χ1n) is 6.86. The molecule has 0 spiro atoms. The van der Waals surface area contributed by atoms with Gasteiger partial charge in [0.15, 0.2) is 0 Å². The first kappa shape index (κ1) is 15.4. The molecule has 1 fully saturated rings. The van der Waals surface area contributed by atoms with Gasteiger partial charge >= 0.3 is 0 Å². The molecule has 0 amide bonds. The lowest BCUT2D eigenvalue weighted by molar-refractivity contribution is 0.282. The minimum atomic E-state index is -3.30. The van der Waals surface area contributed by atoms with Crippen molar-refractivity contribution in [3.8, 4) is 0 Å². The second-order valence-corrected chi connectivity index (χ2v) is 7.17. The molecule has 0 saturated carbocycles. The van der Waals surface area contributed by atoms with E-state index in [-0.39, 0.29) is 12.4 Å². The molecule has 2 rings (SSSR count). The normalized spacial score (nSPS) is 20.4. The summed E-state index contributed by atoms with van der Waals surface area (Å²) < 4.78 is 26.8. The molecule has 1 saturated heterocycles. The van der Waals surface area contributed by atoms with Gasteiger partial charge in [0.25, 0.3) is 0 Å². The number of hydrogen-bond donors (Lipinski definition) is 2. The van der Waals surface area contributed by atoms with E-state index in [0.29, 0.717) is 12.6 Å². The molecule has 6 heteroatoms. The van der Waals surface area contributed by atoms with E-state index in [4.69, 9.17) is 5.11 Å². The van der Waals surface area contributed by atoms with E-state index in [2.05, 4.69) is 9.62 Å². The molecule has 112 valence electrons. The lowest BCUT2D eigenvalue weighted by Crippen LogP contribution is -2.38. The molecule has 1 aliphatic heterocycles. The zero-order valence-corrected chi connectivity index (χ0v) is 12.6. The van der Waals surface area contributed by atoms with Gasteiger partial charge in [-0.15, -0.1) is 0 Å². The molecule has 1 heterocycles. The zero-order chi connectivity index (χ0) is 14.6. The maximum absolute atomic E-state index is 12.0. The second kappa shape index (κ2) is 6.67. The molecule has 1 atom stereocenters. The van der Waals surface area contributed by atoms with Gasteiger partial charge in [0.1, 0.15) is 0 Å². The molecule has 1 aromatic carbocycles. The quantitative estimate of drug-likeness (QED) is 0.811. The van der Waals surface area contributed by atoms with Crippen molar-refractivity contribution in [3.63, 3.8) is 0 Å². The number of likely N-dealkylation sites (tertiary alicyclic amines) is 1. The Morgan fingerprint density at radius 1 is 1.30 bits per heavy atom. The molecule has 1 aromatic rings. The van der Waals surface area contributed by atoms with Crippen LogP contribution in [-0.2, 0) is 22.4 Å². The Bertz CT molecular complexity index is 528. The SMILES string of the molecule is CN1CCCC1CNS(=O)(=O)Cc1ccc(CO)cc1. The smallest absolute Gasteiger partial charge is 0.215 e. The molecule has 0 bridgehead atoms. The van der Waals surface area contributed by atoms with E-state index < -0.39 is 10.0 Å². The molecule has 20 heavy (non-hydrogen) atoms. The van der Waals surface area contributed by atoms with Crippen LogP contribution in [0.5, 0.6) is 0 Å². The van der Waals surface area contributed by atoms with E-state index in [0.717, 1.165) is 30.5 Å². The van der Waals surface area contributed by atoms with Gasteiger partial charge in [-0.25, -0.2) is 13.1 Å². The van der Waals surface area contributed by atoms with Crippen LogP contribution in [0.2, 0.25) is 0 Å². The van der Waals surface area contributed by atoms with Crippen LogP contribution in [0.15, 0.2) is 24.3 Å². The molecular formula is C14H22N2O3S. The average molecular weight is 298 g/mol. The van der Waals surface area contributed by atoms with Crippen LogP contribution in [0.1, 0.15) is 24.0 Å². The Hall–Kier alpha value is -0.950. The number of rotatable bonds is 6. The largest absolute Gasteiger partial charge is 0.392 e. The van der Waals surface area contributed by atoms with Crippen LogP contribution in [0.4, 0.5) is 0 Å². The number of benzene rings is 1. The minimum absolute atomic E-state index is 0.0187. The summed E-state index contributed by atoms with van der Waals surface area (Å²) in [6.45, 7) is 1.49. The van der Waals surface area contributed by atoms with Crippen LogP contribution in [0.25, 0.3) is 0 Å². The van der Waals surface area contributed by atoms with Crippen molar-refractivity contribution in [2.75, 3.05) is 20.1 Å². The van der Waals surface area contributed by atoms with Crippen LogP contribution in [0, 0.1) is 0 Å². The topological polar surface area (TPSA) is 69.6 Å². The van der Waals surface area contributed by atoms with Gasteiger partial charge in [-0.2, -0.15) is 0 Å². The Balaban J connectivity index is 1.89. The molecule has 0 radical (unpaired) electrons. The van der Waals surface area contributed by atoms with Crippen molar-refractivity contribution in [2.24, 2.45) is 0 Å². The number of nitrogens with zero attached hydrogens (tertiary/aromatic N) is 1. The van der Waals surface area contributed by atoms with E-state index in [9.17, 15) is 8.42 Å². The lowest BCUT2D eigenvalue weighted by Gasteiger charge is -2.19. The molecular weight excluding hydrogens is 276 g/mol. The maximum atomic E-state index is 12.0. The first-order valence-corrected chi connectivity index (χ1v) is 8.51. The Labute approximate surface area is 120 Å². The summed E-state index contributed by atoms with van der Waals surface area (Å²) in [6.07, 6.45) is 2.18. The number of aliphatic hydroxyl groups excluding tert-OH is 1. The molecule has 5 nitrogen and oxygen atoms in total. The van der Waals surface area contributed by atoms with Crippen LogP contribution >= 0.6 is 0 Å². The lowest BCUT2D eigenvalue weighted by atomic mass is 10.2. The van der Waals surface area contributed by atoms with E-state index >= 15 is 0 Å². The summed E-state index contributed by atoms with van der Waals surface area (Å²) in [4.78, 5) is 2.19. The fourth-order valence-electron chi connectivity index (χ4n) is 2.47. The number of aliphatic hydroxyl groups is 1. The monoisotopic (exact) mass is 298 g/mol. The summed E-state index contributed by atoms with van der Waals surface area (Å²) in [5, 5.41) is 8.96. The van der Waals surface area contributed by atoms with Gasteiger partial charge in [-0.05, 0) is 37.6 Å². The summed E-state index contributed by atoms with van der Waals surface area (Å²) in [6, 6.07) is 7.28. The number of sulfonamides is 1. The zero-order valence-electron chi connectivity index (χ0n) is 11.7. The molecule has 2 N–H and O–H groups in total. The maximum Gasteiger partial charge on any atom is 0.215 e. The van der Waals surface area contributed by atoms with Gasteiger partial charge in [-0.1, -0.05) is 24.3 Å². The Morgan fingerprint density at radius 3 is 2.50 bits per heavy atom. The van der Waals surface area contributed by atoms with Gasteiger partial charge < -0.3 is 10.0 Å². The highest BCUT2D eigenvalue weighted by Crippen LogP contribution is 2.14. The third-order valence-electron chi connectivity index (χ3n) is 3.77. The van der Waals surface area contributed by atoms with Gasteiger partial charge in [0, 0.05) is 12.6 Å². The molecule has 1 aliphatic rings. The highest BCUT2D eigenvalue weighted by atomic mass is 32.2. The highest BCUT2D eigenvalue weighted by molar-refractivity contribution is 7.88. The Morgan fingerprint density at radius 2 is 1.95 bits per heavy atom. The molecule has 0 aromatic heterocycles. The Kier molecular flexibility index (Phi) is 5.15. The summed E-state index contributed by atoms with van der Waals surface area (Å²) >= 11 is 0. The third kappa shape index (κ3) is 4.28. The second-order valence-electron chi connectivity index (χ2n) is 5.36. The highest BCUT2D eigenvalue weighted by Gasteiger charge is 2.22. The number of hydrogen-bond acceptors (Lipinski definition) is 4. The van der Waals surface area contributed by atoms with Crippen molar-refractivity contribution >= 4 is 10.0 Å². The number of likely N-dealkylation sites (N-methyl/N-ethyl adjacent to an activating group) is 1.